The van der Waals surface area contributed by atoms with Crippen LogP contribution >= 0.6 is 7.82 Å². The molecule has 0 aliphatic rings. The summed E-state index contributed by atoms with van der Waals surface area (Å²) in [4.78, 5) is 22.6. The number of carbonyl (C=O) groups is 1. The predicted octanol–water partition coefficient (Wildman–Crippen LogP) is 9.58. The SMILES string of the molecule is CCCCC/C=C\CCCCCC(O)CC(=O)NC(COP(=O)(O)OCCN)C(O)/C=C/CCCCCCCCCCCCCCCCC. The van der Waals surface area contributed by atoms with Crippen LogP contribution in [0.4, 0.5) is 0 Å². The molecule has 0 aromatic heterocycles. The minimum absolute atomic E-state index is 0.0480. The number of aliphatic hydroxyl groups excluding tert-OH is 2. The zero-order valence-electron chi connectivity index (χ0n) is 31.5. The minimum atomic E-state index is -4.39. The van der Waals surface area contributed by atoms with Crippen LogP contribution in [-0.2, 0) is 18.4 Å². The number of nitrogens with one attached hydrogen (secondary N) is 1. The van der Waals surface area contributed by atoms with Gasteiger partial charge in [0.05, 0.1) is 37.9 Å². The number of phosphoric ester groups is 1. The van der Waals surface area contributed by atoms with Crippen molar-refractivity contribution in [2.24, 2.45) is 5.73 Å². The van der Waals surface area contributed by atoms with Crippen LogP contribution < -0.4 is 11.1 Å². The van der Waals surface area contributed by atoms with Crippen LogP contribution in [0.3, 0.4) is 0 Å². The number of carbonyl (C=O) groups excluding carboxylic acids is 1. The molecule has 4 unspecified atom stereocenters. The van der Waals surface area contributed by atoms with Crippen molar-refractivity contribution in [3.05, 3.63) is 24.3 Å². The molecule has 290 valence electrons. The van der Waals surface area contributed by atoms with Crippen molar-refractivity contribution in [3.8, 4) is 0 Å². The maximum absolute atomic E-state index is 12.7. The van der Waals surface area contributed by atoms with E-state index in [-0.39, 0.29) is 19.6 Å². The average Bonchev–Trinajstić information content (AvgIpc) is 3.07. The lowest BCUT2D eigenvalue weighted by Gasteiger charge is -2.24. The number of phosphoric acid groups is 1. The van der Waals surface area contributed by atoms with Gasteiger partial charge in [-0.3, -0.25) is 13.8 Å². The van der Waals surface area contributed by atoms with Gasteiger partial charge in [0, 0.05) is 6.54 Å². The van der Waals surface area contributed by atoms with Crippen LogP contribution in [-0.4, -0.2) is 59.0 Å². The molecule has 10 heteroatoms. The van der Waals surface area contributed by atoms with E-state index < -0.39 is 38.6 Å². The van der Waals surface area contributed by atoms with Gasteiger partial charge in [-0.25, -0.2) is 4.57 Å². The van der Waals surface area contributed by atoms with E-state index in [1.807, 2.05) is 6.08 Å². The van der Waals surface area contributed by atoms with Gasteiger partial charge in [0.25, 0.3) is 0 Å². The molecule has 0 bridgehead atoms. The summed E-state index contributed by atoms with van der Waals surface area (Å²) >= 11 is 0. The van der Waals surface area contributed by atoms with E-state index in [0.717, 1.165) is 51.4 Å². The molecule has 0 aliphatic heterocycles. The molecule has 49 heavy (non-hydrogen) atoms. The van der Waals surface area contributed by atoms with Crippen molar-refractivity contribution in [1.82, 2.24) is 5.32 Å². The summed E-state index contributed by atoms with van der Waals surface area (Å²) in [5, 5.41) is 23.9. The summed E-state index contributed by atoms with van der Waals surface area (Å²) < 4.78 is 22.0. The first kappa shape index (κ1) is 47.9. The molecule has 0 saturated heterocycles. The fraction of sp³-hybridized carbons (Fsp3) is 0.872. The lowest BCUT2D eigenvalue weighted by Crippen LogP contribution is -2.46. The fourth-order valence-corrected chi connectivity index (χ4v) is 6.52. The van der Waals surface area contributed by atoms with Crippen LogP contribution in [0.15, 0.2) is 24.3 Å². The highest BCUT2D eigenvalue weighted by atomic mass is 31.2. The standard InChI is InChI=1S/C39H77N2O7P/c1-3-5-7-9-11-13-15-16-17-18-19-20-21-23-25-27-29-31-38(43)37(35-48-49(45,46)47-33-32-40)41-39(44)34-36(42)30-28-26-24-22-14-12-10-8-6-4-2/h12,14,29,31,36-38,42-43H,3-11,13,15-28,30,32-35,40H2,1-2H3,(H,41,44)(H,45,46)/b14-12-,31-29+. The third-order valence-corrected chi connectivity index (χ3v) is 9.81. The Labute approximate surface area is 300 Å². The highest BCUT2D eigenvalue weighted by molar-refractivity contribution is 7.47. The lowest BCUT2D eigenvalue weighted by atomic mass is 10.0. The highest BCUT2D eigenvalue weighted by Gasteiger charge is 2.27. The van der Waals surface area contributed by atoms with Crippen LogP contribution in [0, 0.1) is 0 Å². The molecule has 0 heterocycles. The van der Waals surface area contributed by atoms with Gasteiger partial charge in [0.1, 0.15) is 0 Å². The quantitative estimate of drug-likeness (QED) is 0.0242. The van der Waals surface area contributed by atoms with Gasteiger partial charge in [-0.15, -0.1) is 0 Å². The summed E-state index contributed by atoms with van der Waals surface area (Å²) in [5.41, 5.74) is 5.35. The molecule has 0 spiro atoms. The summed E-state index contributed by atoms with van der Waals surface area (Å²) in [5.74, 6) is -0.457. The molecule has 6 N–H and O–H groups in total. The Morgan fingerprint density at radius 2 is 1.14 bits per heavy atom. The van der Waals surface area contributed by atoms with E-state index >= 15 is 0 Å². The maximum atomic E-state index is 12.7. The molecule has 9 nitrogen and oxygen atoms in total. The second-order valence-corrected chi connectivity index (χ2v) is 15.1. The summed E-state index contributed by atoms with van der Waals surface area (Å²) in [6.07, 6.45) is 35.5. The van der Waals surface area contributed by atoms with Gasteiger partial charge >= 0.3 is 7.82 Å². The second kappa shape index (κ2) is 35.3. The molecule has 0 saturated carbocycles. The molecule has 4 atom stereocenters. The Hall–Kier alpha value is -1.06. The van der Waals surface area contributed by atoms with Gasteiger partial charge < -0.3 is 26.2 Å². The number of hydrogen-bond acceptors (Lipinski definition) is 7. The largest absolute Gasteiger partial charge is 0.472 e. The van der Waals surface area contributed by atoms with Crippen molar-refractivity contribution in [1.29, 1.82) is 0 Å². The monoisotopic (exact) mass is 717 g/mol. The van der Waals surface area contributed by atoms with Crippen molar-refractivity contribution in [2.45, 2.75) is 199 Å². The molecule has 0 aromatic rings. The third-order valence-electron chi connectivity index (χ3n) is 8.83. The molecule has 0 rings (SSSR count). The highest BCUT2D eigenvalue weighted by Crippen LogP contribution is 2.43. The zero-order valence-corrected chi connectivity index (χ0v) is 32.4. The van der Waals surface area contributed by atoms with Gasteiger partial charge in [-0.1, -0.05) is 154 Å². The Bertz CT molecular complexity index is 842. The van der Waals surface area contributed by atoms with Crippen LogP contribution in [0.5, 0.6) is 0 Å². The molecule has 1 amide bonds. The van der Waals surface area contributed by atoms with Crippen LogP contribution in [0.2, 0.25) is 0 Å². The van der Waals surface area contributed by atoms with Gasteiger partial charge in [0.15, 0.2) is 0 Å². The molecular formula is C39H77N2O7P. The maximum Gasteiger partial charge on any atom is 0.472 e. The number of nitrogens with two attached hydrogens (primary N) is 1. The number of hydrogen-bond donors (Lipinski definition) is 5. The van der Waals surface area contributed by atoms with E-state index in [0.29, 0.717) is 6.42 Å². The molecule has 0 radical (unpaired) electrons. The number of amides is 1. The van der Waals surface area contributed by atoms with Crippen LogP contribution in [0.25, 0.3) is 0 Å². The van der Waals surface area contributed by atoms with Gasteiger partial charge in [-0.2, -0.15) is 0 Å². The second-order valence-electron chi connectivity index (χ2n) is 13.7. The van der Waals surface area contributed by atoms with Crippen LogP contribution in [0.1, 0.15) is 181 Å². The van der Waals surface area contributed by atoms with Crippen molar-refractivity contribution < 1.29 is 33.5 Å². The summed E-state index contributed by atoms with van der Waals surface area (Å²) in [6, 6.07) is -0.983. The van der Waals surface area contributed by atoms with Crippen molar-refractivity contribution in [3.63, 3.8) is 0 Å². The number of allylic oxidation sites excluding steroid dienone is 3. The zero-order chi connectivity index (χ0) is 36.3. The van der Waals surface area contributed by atoms with Gasteiger partial charge in [-0.05, 0) is 44.9 Å². The fourth-order valence-electron chi connectivity index (χ4n) is 5.76. The molecule has 0 aliphatic carbocycles. The van der Waals surface area contributed by atoms with Crippen molar-refractivity contribution in [2.75, 3.05) is 19.8 Å². The van der Waals surface area contributed by atoms with E-state index in [9.17, 15) is 24.5 Å². The predicted molar refractivity (Wildman–Crippen MR) is 204 cm³/mol. The summed E-state index contributed by atoms with van der Waals surface area (Å²) in [6.45, 7) is 3.92. The average molecular weight is 717 g/mol. The van der Waals surface area contributed by atoms with E-state index in [4.69, 9.17) is 14.8 Å². The summed E-state index contributed by atoms with van der Waals surface area (Å²) in [7, 11) is -4.39. The Morgan fingerprint density at radius 1 is 0.694 bits per heavy atom. The number of aliphatic hydroxyl groups is 2. The Morgan fingerprint density at radius 3 is 1.67 bits per heavy atom. The molecule has 0 aromatic carbocycles. The molecular weight excluding hydrogens is 639 g/mol. The van der Waals surface area contributed by atoms with Crippen molar-refractivity contribution >= 4 is 13.7 Å². The van der Waals surface area contributed by atoms with E-state index in [1.54, 1.807) is 6.08 Å². The topological polar surface area (TPSA) is 151 Å². The Balaban J connectivity index is 4.39. The first-order chi connectivity index (χ1) is 23.8. The first-order valence-corrected chi connectivity index (χ1v) is 21.5. The minimum Gasteiger partial charge on any atom is -0.393 e. The smallest absolute Gasteiger partial charge is 0.393 e. The van der Waals surface area contributed by atoms with E-state index in [2.05, 4.69) is 31.3 Å². The lowest BCUT2D eigenvalue weighted by molar-refractivity contribution is -0.124. The normalized spacial score (nSPS) is 15.1. The molecule has 0 fully saturated rings. The van der Waals surface area contributed by atoms with Gasteiger partial charge in [0.2, 0.25) is 5.91 Å². The first-order valence-electron chi connectivity index (χ1n) is 20.0. The Kier molecular flexibility index (Phi) is 34.6. The number of rotatable bonds is 37. The number of unbranched alkanes of at least 4 members (excludes halogenated alkanes) is 21. The third kappa shape index (κ3) is 33.8. The van der Waals surface area contributed by atoms with E-state index in [1.165, 1.54) is 103 Å².